The van der Waals surface area contributed by atoms with Gasteiger partial charge in [0.25, 0.3) is 0 Å². The van der Waals surface area contributed by atoms with E-state index < -0.39 is 17.5 Å². The van der Waals surface area contributed by atoms with Gasteiger partial charge in [-0.05, 0) is 32.3 Å². The third kappa shape index (κ3) is 4.76. The van der Waals surface area contributed by atoms with E-state index in [-0.39, 0.29) is 0 Å². The summed E-state index contributed by atoms with van der Waals surface area (Å²) in [6, 6.07) is 3.84. The molecular weight excluding hydrogens is 257 g/mol. The Kier molecular flexibility index (Phi) is 5.96. The van der Waals surface area contributed by atoms with Crippen molar-refractivity contribution in [1.29, 1.82) is 0 Å². The van der Waals surface area contributed by atoms with Crippen LogP contribution in [0.5, 0.6) is 5.75 Å². The fourth-order valence-corrected chi connectivity index (χ4v) is 2.05. The fourth-order valence-electron chi connectivity index (χ4n) is 2.05. The predicted octanol–water partition coefficient (Wildman–Crippen LogP) is 3.41. The quantitative estimate of drug-likeness (QED) is 0.806. The number of hydrogen-bond acceptors (Lipinski definition) is 3. The van der Waals surface area contributed by atoms with E-state index in [0.717, 1.165) is 12.8 Å². The van der Waals surface area contributed by atoms with Crippen LogP contribution < -0.4 is 10.5 Å². The molecule has 1 aromatic rings. The Morgan fingerprint density at radius 3 is 2.55 bits per heavy atom. The van der Waals surface area contributed by atoms with Gasteiger partial charge in [-0.3, -0.25) is 0 Å². The lowest BCUT2D eigenvalue weighted by Gasteiger charge is -2.26. The van der Waals surface area contributed by atoms with Gasteiger partial charge in [0.1, 0.15) is 11.6 Å². The minimum absolute atomic E-state index is 0.298. The molecule has 0 heterocycles. The predicted molar refractivity (Wildman–Crippen MR) is 79.2 cm³/mol. The summed E-state index contributed by atoms with van der Waals surface area (Å²) in [5, 5.41) is 9.85. The van der Waals surface area contributed by atoms with Crippen LogP contribution in [0.4, 0.5) is 4.39 Å². The molecule has 0 fully saturated rings. The van der Waals surface area contributed by atoms with Gasteiger partial charge in [0.15, 0.2) is 0 Å². The summed E-state index contributed by atoms with van der Waals surface area (Å²) in [6.07, 6.45) is 2.20. The molecule has 4 heteroatoms. The van der Waals surface area contributed by atoms with Crippen molar-refractivity contribution in [3.63, 3.8) is 0 Å². The second-order valence-electron chi connectivity index (χ2n) is 6.02. The first kappa shape index (κ1) is 16.9. The fraction of sp³-hybridized carbons (Fsp3) is 0.625. The van der Waals surface area contributed by atoms with Crippen LogP contribution >= 0.6 is 0 Å². The highest BCUT2D eigenvalue weighted by atomic mass is 19.1. The molecule has 1 unspecified atom stereocenters. The molecule has 3 N–H and O–H groups in total. The molecule has 0 saturated carbocycles. The van der Waals surface area contributed by atoms with Crippen molar-refractivity contribution in [2.45, 2.75) is 52.2 Å². The smallest absolute Gasteiger partial charge is 0.131 e. The number of nitrogens with two attached hydrogens (primary N) is 1. The molecule has 0 aromatic heterocycles. The summed E-state index contributed by atoms with van der Waals surface area (Å²) in [4.78, 5) is 0. The number of rotatable bonds is 7. The molecule has 0 aliphatic carbocycles. The van der Waals surface area contributed by atoms with E-state index in [4.69, 9.17) is 10.5 Å². The number of benzene rings is 1. The molecule has 0 amide bonds. The molecule has 0 radical (unpaired) electrons. The molecule has 20 heavy (non-hydrogen) atoms. The van der Waals surface area contributed by atoms with Crippen molar-refractivity contribution in [1.82, 2.24) is 0 Å². The average molecular weight is 283 g/mol. The average Bonchev–Trinajstić information content (AvgIpc) is 2.35. The van der Waals surface area contributed by atoms with Crippen LogP contribution in [0.1, 0.15) is 52.1 Å². The van der Waals surface area contributed by atoms with Crippen molar-refractivity contribution in [3.05, 3.63) is 29.6 Å². The van der Waals surface area contributed by atoms with Crippen LogP contribution in [0.15, 0.2) is 18.2 Å². The van der Waals surface area contributed by atoms with Crippen molar-refractivity contribution in [3.8, 4) is 5.75 Å². The summed E-state index contributed by atoms with van der Waals surface area (Å²) in [5.74, 6) is 0.499. The van der Waals surface area contributed by atoms with Gasteiger partial charge in [-0.25, -0.2) is 4.39 Å². The van der Waals surface area contributed by atoms with Gasteiger partial charge in [-0.1, -0.05) is 26.3 Å². The Bertz CT molecular complexity index is 429. The molecule has 114 valence electrons. The van der Waals surface area contributed by atoms with Gasteiger partial charge in [0, 0.05) is 11.6 Å². The van der Waals surface area contributed by atoms with Gasteiger partial charge in [-0.15, -0.1) is 0 Å². The van der Waals surface area contributed by atoms with Crippen LogP contribution in [0.3, 0.4) is 0 Å². The lowest BCUT2D eigenvalue weighted by molar-refractivity contribution is 0.0504. The molecule has 0 saturated heterocycles. The minimum Gasteiger partial charge on any atom is -0.493 e. The number of halogens is 1. The van der Waals surface area contributed by atoms with Gasteiger partial charge < -0.3 is 15.6 Å². The van der Waals surface area contributed by atoms with Gasteiger partial charge in [0.2, 0.25) is 0 Å². The zero-order valence-corrected chi connectivity index (χ0v) is 12.8. The van der Waals surface area contributed by atoms with Crippen molar-refractivity contribution in [2.24, 2.45) is 11.7 Å². The van der Waals surface area contributed by atoms with Crippen LogP contribution in [-0.2, 0) is 0 Å². The topological polar surface area (TPSA) is 55.5 Å². The normalized spacial score (nSPS) is 14.9. The third-order valence-electron chi connectivity index (χ3n) is 3.38. The number of ether oxygens (including phenoxy) is 1. The maximum Gasteiger partial charge on any atom is 0.131 e. The second kappa shape index (κ2) is 7.04. The summed E-state index contributed by atoms with van der Waals surface area (Å²) < 4.78 is 19.6. The highest BCUT2D eigenvalue weighted by Gasteiger charge is 2.27. The van der Waals surface area contributed by atoms with Gasteiger partial charge in [0.05, 0.1) is 18.2 Å². The maximum atomic E-state index is 14.0. The van der Waals surface area contributed by atoms with E-state index in [0.29, 0.717) is 23.8 Å². The van der Waals surface area contributed by atoms with Crippen LogP contribution in [0.25, 0.3) is 0 Å². The molecule has 1 aromatic carbocycles. The standard InChI is InChI=1S/C16H26FNO2/c1-5-6-11(2)10-20-12-7-8-13(14(17)9-12)15(18)16(3,4)19/h7-9,11,15,19H,5-6,10,18H2,1-4H3/t11?,15-/m1/s1. The van der Waals surface area contributed by atoms with E-state index in [1.54, 1.807) is 26.0 Å². The van der Waals surface area contributed by atoms with E-state index in [9.17, 15) is 9.50 Å². The first-order valence-corrected chi connectivity index (χ1v) is 7.16. The Labute approximate surface area is 120 Å². The number of hydrogen-bond donors (Lipinski definition) is 2. The lowest BCUT2D eigenvalue weighted by atomic mass is 9.92. The molecule has 2 atom stereocenters. The molecule has 0 aliphatic rings. The maximum absolute atomic E-state index is 14.0. The van der Waals surface area contributed by atoms with Crippen molar-refractivity contribution >= 4 is 0 Å². The zero-order chi connectivity index (χ0) is 15.3. The molecule has 1 rings (SSSR count). The number of aliphatic hydroxyl groups is 1. The first-order chi connectivity index (χ1) is 9.25. The van der Waals surface area contributed by atoms with Crippen molar-refractivity contribution < 1.29 is 14.2 Å². The minimum atomic E-state index is -1.17. The molecule has 3 nitrogen and oxygen atoms in total. The second-order valence-corrected chi connectivity index (χ2v) is 6.02. The summed E-state index contributed by atoms with van der Waals surface area (Å²) in [5.41, 5.74) is 4.98. The molecule has 0 spiro atoms. The Morgan fingerprint density at radius 2 is 2.05 bits per heavy atom. The molecule has 0 bridgehead atoms. The first-order valence-electron chi connectivity index (χ1n) is 7.16. The highest BCUT2D eigenvalue weighted by Crippen LogP contribution is 2.27. The largest absolute Gasteiger partial charge is 0.493 e. The third-order valence-corrected chi connectivity index (χ3v) is 3.38. The lowest BCUT2D eigenvalue weighted by Crippen LogP contribution is -2.35. The van der Waals surface area contributed by atoms with E-state index in [1.807, 2.05) is 0 Å². The highest BCUT2D eigenvalue weighted by molar-refractivity contribution is 5.31. The Hall–Kier alpha value is -1.13. The summed E-state index contributed by atoms with van der Waals surface area (Å²) in [7, 11) is 0. The van der Waals surface area contributed by atoms with Crippen LogP contribution in [0, 0.1) is 11.7 Å². The molecule has 0 aliphatic heterocycles. The van der Waals surface area contributed by atoms with Crippen LogP contribution in [-0.4, -0.2) is 17.3 Å². The van der Waals surface area contributed by atoms with Gasteiger partial charge in [-0.2, -0.15) is 0 Å². The van der Waals surface area contributed by atoms with Gasteiger partial charge >= 0.3 is 0 Å². The zero-order valence-electron chi connectivity index (χ0n) is 12.8. The Balaban J connectivity index is 2.73. The van der Waals surface area contributed by atoms with E-state index in [2.05, 4.69) is 13.8 Å². The summed E-state index contributed by atoms with van der Waals surface area (Å²) in [6.45, 7) is 7.94. The van der Waals surface area contributed by atoms with E-state index in [1.165, 1.54) is 6.07 Å². The SMILES string of the molecule is CCCC(C)COc1ccc([C@@H](N)C(C)(C)O)c(F)c1. The van der Waals surface area contributed by atoms with E-state index >= 15 is 0 Å². The van der Waals surface area contributed by atoms with Crippen LogP contribution in [0.2, 0.25) is 0 Å². The monoisotopic (exact) mass is 283 g/mol. The Morgan fingerprint density at radius 1 is 1.40 bits per heavy atom. The van der Waals surface area contributed by atoms with Crippen molar-refractivity contribution in [2.75, 3.05) is 6.61 Å². The summed E-state index contributed by atoms with van der Waals surface area (Å²) >= 11 is 0. The molecular formula is C16H26FNO2.